The van der Waals surface area contributed by atoms with E-state index in [0.717, 1.165) is 162 Å². The van der Waals surface area contributed by atoms with Gasteiger partial charge in [-0.15, -0.1) is 0 Å². The van der Waals surface area contributed by atoms with Crippen molar-refractivity contribution in [2.75, 3.05) is 40.3 Å². The number of fused-ring (bicyclic) bond motifs is 6. The van der Waals surface area contributed by atoms with E-state index in [2.05, 4.69) is 9.97 Å². The highest BCUT2D eigenvalue weighted by Gasteiger charge is 2.36. The van der Waals surface area contributed by atoms with E-state index in [1.807, 2.05) is 139 Å². The third-order valence-corrected chi connectivity index (χ3v) is 27.8. The van der Waals surface area contributed by atoms with Crippen molar-refractivity contribution in [3.63, 3.8) is 0 Å². The molecule has 706 valence electrons. The van der Waals surface area contributed by atoms with Gasteiger partial charge >= 0.3 is 23.9 Å². The van der Waals surface area contributed by atoms with E-state index in [4.69, 9.17) is 0 Å². The van der Waals surface area contributed by atoms with Gasteiger partial charge in [0.1, 0.15) is 72.5 Å². The summed E-state index contributed by atoms with van der Waals surface area (Å²) in [6, 6.07) is 51.1. The van der Waals surface area contributed by atoms with E-state index in [1.54, 1.807) is 81.5 Å². The lowest BCUT2D eigenvalue weighted by atomic mass is 9.80. The molecule has 2 aliphatic carbocycles. The second kappa shape index (κ2) is 41.8. The first-order chi connectivity index (χ1) is 65.1. The first-order valence-corrected chi connectivity index (χ1v) is 46.2. The molecule has 136 heavy (non-hydrogen) atoms. The van der Waals surface area contributed by atoms with Crippen LogP contribution in [0.4, 0.5) is 26.3 Å². The summed E-state index contributed by atoms with van der Waals surface area (Å²) in [5.41, 5.74) is 16.3. The monoisotopic (exact) mass is 1850 g/mol. The Morgan fingerprint density at radius 3 is 1.08 bits per heavy atom. The molecular formula is C108H110F6N10O12. The molecule has 4 N–H and O–H groups in total. The second-order valence-electron chi connectivity index (χ2n) is 36.3. The molecule has 18 rings (SSSR count). The molecule has 0 unspecified atom stereocenters. The van der Waals surface area contributed by atoms with Crippen LogP contribution in [0.1, 0.15) is 189 Å². The predicted octanol–water partition coefficient (Wildman–Crippen LogP) is 20.9. The zero-order chi connectivity index (χ0) is 96.8. The Balaban J connectivity index is 0.000000138. The molecule has 4 amide bonds. The number of aryl methyl sites for hydroxylation is 4. The van der Waals surface area contributed by atoms with Crippen molar-refractivity contribution >= 4 is 118 Å². The fourth-order valence-electron chi connectivity index (χ4n) is 20.8. The van der Waals surface area contributed by atoms with E-state index >= 15 is 0 Å². The summed E-state index contributed by atoms with van der Waals surface area (Å²) in [5.74, 6) is -5.44. The standard InChI is InChI=1S/2C28H28FN3O3.C26H28F2N2O3.C26H26F2N2O3/c2*1-17-27(22-15-20(29)10-14-25(22)32(17)16-26(33)34)19-7-11-21(12-8-19)31(2)28(35)24-13-9-18-5-3-4-6-23(18)30-24;2*1-16-3-4-18(22(28)13-16)5-8-24(31)29-11-9-19(10-12-29)26-17(2)30(15-25(32)33)23-7-6-20(27)14-21(23)26/h2*3-6,9-10,13-15,19,21H,7-8,11-12,16H2,1-2H3,(H,33,34);3-4,6-7,13-14,19H,5,8-12,15H2,1-2H3,(H,32,33);3-4,6-7,9,13-14H,5,8,10-12,15H2,1-2H3,(H,32,33). The number of hydrogen-bond donors (Lipinski definition) is 4. The SMILES string of the molecule is Cc1c(C2CCC(N(C)C(=O)c3ccc4ccccc4n3)CC2)c2cc(F)ccc2n1CC(=O)O.Cc1c(C2CCC(N(C)C(=O)c3ccc4ccccc4n3)CC2)c2cc(F)ccc2n1CC(=O)O.Cc1ccc(CCC(=O)N2CC=C(c3c(C)n(CC(=O)O)c4ccc(F)cc34)CC2)c(F)c1.Cc1ccc(CCC(=O)N2CCC(c3c(C)n(CC(=O)O)c4ccc(F)cc34)CC2)c(F)c1. The van der Waals surface area contributed by atoms with E-state index < -0.39 is 23.9 Å². The molecule has 0 bridgehead atoms. The van der Waals surface area contributed by atoms with Crippen molar-refractivity contribution < 1.29 is 85.1 Å². The summed E-state index contributed by atoms with van der Waals surface area (Å²) in [6.45, 7) is 12.6. The molecule has 8 aromatic carbocycles. The number of piperidine rings is 1. The van der Waals surface area contributed by atoms with Crippen LogP contribution in [0.3, 0.4) is 0 Å². The Morgan fingerprint density at radius 2 is 0.721 bits per heavy atom. The van der Waals surface area contributed by atoms with Crippen LogP contribution >= 0.6 is 0 Å². The number of benzene rings is 8. The number of halogens is 6. The topological polar surface area (TPSA) is 276 Å². The molecule has 8 heterocycles. The average molecular weight is 1850 g/mol. The van der Waals surface area contributed by atoms with Crippen molar-refractivity contribution in [1.29, 1.82) is 0 Å². The molecule has 0 atom stereocenters. The number of aliphatic carboxylic acids is 4. The molecule has 0 radical (unpaired) electrons. The van der Waals surface area contributed by atoms with E-state index in [0.29, 0.717) is 97.2 Å². The largest absolute Gasteiger partial charge is 0.480 e. The lowest BCUT2D eigenvalue weighted by Gasteiger charge is -2.35. The first-order valence-electron chi connectivity index (χ1n) is 46.2. The van der Waals surface area contributed by atoms with Gasteiger partial charge in [0.2, 0.25) is 11.8 Å². The summed E-state index contributed by atoms with van der Waals surface area (Å²) in [7, 11) is 3.67. The number of aromatic nitrogens is 6. The van der Waals surface area contributed by atoms with Crippen molar-refractivity contribution in [1.82, 2.24) is 47.8 Å². The first kappa shape index (κ1) is 96.4. The summed E-state index contributed by atoms with van der Waals surface area (Å²) < 4.78 is 91.3. The van der Waals surface area contributed by atoms with Gasteiger partial charge in [-0.05, 0) is 296 Å². The van der Waals surface area contributed by atoms with Crippen LogP contribution in [-0.2, 0) is 67.8 Å². The lowest BCUT2D eigenvalue weighted by Crippen LogP contribution is -2.39. The Bertz CT molecular complexity index is 6790. The molecular weight excluding hydrogens is 1740 g/mol. The van der Waals surface area contributed by atoms with Crippen LogP contribution in [0.15, 0.2) is 188 Å². The van der Waals surface area contributed by atoms with Gasteiger partial charge in [0.15, 0.2) is 0 Å². The molecule has 2 saturated carbocycles. The van der Waals surface area contributed by atoms with Crippen molar-refractivity contribution in [3.8, 4) is 0 Å². The van der Waals surface area contributed by atoms with E-state index in [9.17, 15) is 85.1 Å². The fraction of sp³-hybridized carbons (Fsp3) is 0.333. The summed E-state index contributed by atoms with van der Waals surface area (Å²) in [5, 5.41) is 42.4. The fourth-order valence-corrected chi connectivity index (χ4v) is 20.8. The molecule has 22 nitrogen and oxygen atoms in total. The number of rotatable bonds is 22. The van der Waals surface area contributed by atoms with Gasteiger partial charge in [-0.1, -0.05) is 78.9 Å². The number of amides is 4. The van der Waals surface area contributed by atoms with Crippen LogP contribution in [0.2, 0.25) is 0 Å². The minimum atomic E-state index is -0.967. The van der Waals surface area contributed by atoms with Gasteiger partial charge in [0, 0.05) is 148 Å². The van der Waals surface area contributed by atoms with Crippen molar-refractivity contribution in [3.05, 3.63) is 302 Å². The molecule has 14 aromatic rings. The molecule has 1 saturated heterocycles. The Kier molecular flexibility index (Phi) is 29.6. The van der Waals surface area contributed by atoms with Crippen LogP contribution in [0.5, 0.6) is 0 Å². The summed E-state index contributed by atoms with van der Waals surface area (Å²) in [4.78, 5) is 114. The van der Waals surface area contributed by atoms with Gasteiger partial charge in [0.25, 0.3) is 11.8 Å². The molecule has 28 heteroatoms. The Hall–Kier alpha value is -14.2. The van der Waals surface area contributed by atoms with Gasteiger partial charge in [0.05, 0.1) is 11.0 Å². The molecule has 4 aliphatic rings. The highest BCUT2D eigenvalue weighted by molar-refractivity contribution is 5.99. The van der Waals surface area contributed by atoms with E-state index in [-0.39, 0.29) is 127 Å². The van der Waals surface area contributed by atoms with Gasteiger partial charge in [-0.2, -0.15) is 0 Å². The van der Waals surface area contributed by atoms with E-state index in [1.165, 1.54) is 60.7 Å². The van der Waals surface area contributed by atoms with Crippen LogP contribution in [0.25, 0.3) is 71.0 Å². The van der Waals surface area contributed by atoms with Crippen LogP contribution in [0, 0.1) is 76.4 Å². The Morgan fingerprint density at radius 1 is 0.375 bits per heavy atom. The quantitative estimate of drug-likeness (QED) is 0.0460. The maximum absolute atomic E-state index is 14.1. The number of hydrogen-bond acceptors (Lipinski definition) is 10. The van der Waals surface area contributed by atoms with Crippen molar-refractivity contribution in [2.24, 2.45) is 0 Å². The average Bonchev–Trinajstić information content (AvgIpc) is 1.62. The third kappa shape index (κ3) is 21.3. The zero-order valence-corrected chi connectivity index (χ0v) is 77.3. The van der Waals surface area contributed by atoms with Gasteiger partial charge < -0.3 is 58.3 Å². The minimum Gasteiger partial charge on any atom is -0.480 e. The highest BCUT2D eigenvalue weighted by atomic mass is 19.1. The number of carboxylic acid groups (broad SMARTS) is 4. The molecule has 6 aromatic heterocycles. The number of pyridine rings is 2. The normalized spacial score (nSPS) is 16.3. The molecule has 2 aliphatic heterocycles. The minimum absolute atomic E-state index is 0.00416. The van der Waals surface area contributed by atoms with Gasteiger partial charge in [-0.25, -0.2) is 36.3 Å². The number of para-hydroxylation sites is 2. The lowest BCUT2D eigenvalue weighted by molar-refractivity contribution is -0.138. The third-order valence-electron chi connectivity index (χ3n) is 27.8. The smallest absolute Gasteiger partial charge is 0.323 e. The number of carbonyl (C=O) groups excluding carboxylic acids is 4. The van der Waals surface area contributed by atoms with Crippen LogP contribution in [-0.4, -0.2) is 168 Å². The maximum Gasteiger partial charge on any atom is 0.323 e. The zero-order valence-electron chi connectivity index (χ0n) is 77.3. The molecule has 0 spiro atoms. The summed E-state index contributed by atoms with van der Waals surface area (Å²) >= 11 is 0. The molecule has 3 fully saturated rings. The number of carbonyl (C=O) groups is 8. The second-order valence-corrected chi connectivity index (χ2v) is 36.3. The Labute approximate surface area is 783 Å². The van der Waals surface area contributed by atoms with Gasteiger partial charge in [-0.3, -0.25) is 38.4 Å². The highest BCUT2D eigenvalue weighted by Crippen LogP contribution is 2.45. The number of nitrogens with zero attached hydrogens (tertiary/aromatic N) is 10. The summed E-state index contributed by atoms with van der Waals surface area (Å²) in [6.07, 6.45) is 11.8. The predicted molar refractivity (Wildman–Crippen MR) is 511 cm³/mol. The van der Waals surface area contributed by atoms with Crippen molar-refractivity contribution in [2.45, 2.75) is 194 Å². The number of likely N-dealkylation sites (tertiary alicyclic amines) is 1. The maximum atomic E-state index is 14.1. The van der Waals surface area contributed by atoms with Crippen LogP contribution < -0.4 is 0 Å². The number of carboxylic acids is 4.